The summed E-state index contributed by atoms with van der Waals surface area (Å²) in [5.74, 6) is -0.148. The van der Waals surface area contributed by atoms with Gasteiger partial charge in [0.1, 0.15) is 0 Å². The fraction of sp³-hybridized carbons (Fsp3) is 0.364. The van der Waals surface area contributed by atoms with Crippen LogP contribution in [0.4, 0.5) is 0 Å². The van der Waals surface area contributed by atoms with E-state index in [0.29, 0.717) is 15.9 Å². The first-order chi connectivity index (χ1) is 6.96. The Hall–Kier alpha value is -0.540. The van der Waals surface area contributed by atoms with E-state index in [4.69, 9.17) is 11.6 Å². The highest BCUT2D eigenvalue weighted by atomic mass is 79.9. The van der Waals surface area contributed by atoms with Gasteiger partial charge in [-0.3, -0.25) is 4.79 Å². The minimum Gasteiger partial charge on any atom is -0.346 e. The summed E-state index contributed by atoms with van der Waals surface area (Å²) in [6, 6.07) is 7.01. The van der Waals surface area contributed by atoms with Gasteiger partial charge in [0.25, 0.3) is 5.91 Å². The standard InChI is InChI=1S/C11H13BrClNO/c1-11(2,7-12)14-10(15)8-5-3-4-6-9(8)13/h3-6H,7H2,1-2H3,(H,14,15). The second-order valence-electron chi connectivity index (χ2n) is 3.95. The summed E-state index contributed by atoms with van der Waals surface area (Å²) >= 11 is 9.26. The first kappa shape index (κ1) is 12.5. The number of hydrogen-bond acceptors (Lipinski definition) is 1. The van der Waals surface area contributed by atoms with Crippen molar-refractivity contribution in [3.05, 3.63) is 34.9 Å². The highest BCUT2D eigenvalue weighted by Gasteiger charge is 2.20. The zero-order valence-corrected chi connectivity index (χ0v) is 11.0. The van der Waals surface area contributed by atoms with Crippen LogP contribution in [-0.4, -0.2) is 16.8 Å². The van der Waals surface area contributed by atoms with Crippen LogP contribution in [0.25, 0.3) is 0 Å². The van der Waals surface area contributed by atoms with Crippen LogP contribution in [0.3, 0.4) is 0 Å². The van der Waals surface area contributed by atoms with E-state index in [9.17, 15) is 4.79 Å². The Labute approximate surface area is 103 Å². The molecular formula is C11H13BrClNO. The Morgan fingerprint density at radius 3 is 2.60 bits per heavy atom. The van der Waals surface area contributed by atoms with Crippen molar-refractivity contribution in [3.8, 4) is 0 Å². The molecule has 0 radical (unpaired) electrons. The van der Waals surface area contributed by atoms with Gasteiger partial charge >= 0.3 is 0 Å². The molecule has 0 spiro atoms. The van der Waals surface area contributed by atoms with Crippen molar-refractivity contribution in [2.75, 3.05) is 5.33 Å². The van der Waals surface area contributed by atoms with Gasteiger partial charge in [0.15, 0.2) is 0 Å². The topological polar surface area (TPSA) is 29.1 Å². The molecule has 4 heteroatoms. The summed E-state index contributed by atoms with van der Waals surface area (Å²) in [4.78, 5) is 11.8. The Balaban J connectivity index is 2.83. The molecule has 1 amide bonds. The lowest BCUT2D eigenvalue weighted by Gasteiger charge is -2.23. The summed E-state index contributed by atoms with van der Waals surface area (Å²) in [5, 5.41) is 4.06. The second kappa shape index (κ2) is 4.99. The fourth-order valence-corrected chi connectivity index (χ4v) is 1.42. The Kier molecular flexibility index (Phi) is 4.17. The van der Waals surface area contributed by atoms with Crippen LogP contribution in [0.1, 0.15) is 24.2 Å². The van der Waals surface area contributed by atoms with Crippen molar-refractivity contribution >= 4 is 33.4 Å². The van der Waals surface area contributed by atoms with Crippen molar-refractivity contribution < 1.29 is 4.79 Å². The quantitative estimate of drug-likeness (QED) is 0.851. The van der Waals surface area contributed by atoms with Crippen LogP contribution in [0.2, 0.25) is 5.02 Å². The summed E-state index contributed by atoms with van der Waals surface area (Å²) in [7, 11) is 0. The van der Waals surface area contributed by atoms with E-state index in [1.165, 1.54) is 0 Å². The lowest BCUT2D eigenvalue weighted by molar-refractivity contribution is 0.0921. The fourth-order valence-electron chi connectivity index (χ4n) is 1.05. The van der Waals surface area contributed by atoms with Crippen molar-refractivity contribution in [2.24, 2.45) is 0 Å². The van der Waals surface area contributed by atoms with Gasteiger partial charge in [0, 0.05) is 10.9 Å². The molecule has 1 aromatic carbocycles. The molecule has 1 aromatic rings. The third kappa shape index (κ3) is 3.50. The molecule has 1 rings (SSSR count). The molecule has 15 heavy (non-hydrogen) atoms. The van der Waals surface area contributed by atoms with Gasteiger partial charge in [-0.1, -0.05) is 39.7 Å². The number of halogens is 2. The molecule has 0 saturated heterocycles. The Morgan fingerprint density at radius 2 is 2.07 bits per heavy atom. The van der Waals surface area contributed by atoms with Crippen molar-refractivity contribution in [2.45, 2.75) is 19.4 Å². The molecule has 0 bridgehead atoms. The van der Waals surface area contributed by atoms with Crippen molar-refractivity contribution in [1.82, 2.24) is 5.32 Å². The molecule has 0 aromatic heterocycles. The second-order valence-corrected chi connectivity index (χ2v) is 4.92. The van der Waals surface area contributed by atoms with Crippen LogP contribution in [0.5, 0.6) is 0 Å². The van der Waals surface area contributed by atoms with Crippen LogP contribution in [0, 0.1) is 0 Å². The monoisotopic (exact) mass is 289 g/mol. The number of nitrogens with one attached hydrogen (secondary N) is 1. The summed E-state index contributed by atoms with van der Waals surface area (Å²) in [6.45, 7) is 3.88. The van der Waals surface area contributed by atoms with E-state index >= 15 is 0 Å². The van der Waals surface area contributed by atoms with E-state index < -0.39 is 0 Å². The normalized spacial score (nSPS) is 11.2. The summed E-state index contributed by atoms with van der Waals surface area (Å²) < 4.78 is 0. The first-order valence-electron chi connectivity index (χ1n) is 4.59. The van der Waals surface area contributed by atoms with Crippen LogP contribution >= 0.6 is 27.5 Å². The lowest BCUT2D eigenvalue weighted by Crippen LogP contribution is -2.44. The maximum absolute atomic E-state index is 11.8. The molecule has 0 heterocycles. The van der Waals surface area contributed by atoms with E-state index in [-0.39, 0.29) is 11.4 Å². The van der Waals surface area contributed by atoms with E-state index in [1.54, 1.807) is 24.3 Å². The molecule has 0 aliphatic carbocycles. The lowest BCUT2D eigenvalue weighted by atomic mass is 10.1. The maximum atomic E-state index is 11.8. The van der Waals surface area contributed by atoms with Gasteiger partial charge in [0.2, 0.25) is 0 Å². The van der Waals surface area contributed by atoms with Gasteiger partial charge in [0.05, 0.1) is 10.6 Å². The van der Waals surface area contributed by atoms with E-state index in [0.717, 1.165) is 0 Å². The van der Waals surface area contributed by atoms with Crippen LogP contribution in [0.15, 0.2) is 24.3 Å². The zero-order chi connectivity index (χ0) is 11.5. The molecular weight excluding hydrogens is 277 g/mol. The highest BCUT2D eigenvalue weighted by Crippen LogP contribution is 2.16. The zero-order valence-electron chi connectivity index (χ0n) is 8.68. The third-order valence-electron chi connectivity index (χ3n) is 1.90. The molecule has 0 fully saturated rings. The molecule has 0 aliphatic heterocycles. The summed E-state index contributed by atoms with van der Waals surface area (Å²) in [6.07, 6.45) is 0. The van der Waals surface area contributed by atoms with Gasteiger partial charge in [-0.05, 0) is 26.0 Å². The van der Waals surface area contributed by atoms with Gasteiger partial charge in [-0.25, -0.2) is 0 Å². The van der Waals surface area contributed by atoms with Gasteiger partial charge in [-0.15, -0.1) is 0 Å². The molecule has 0 atom stereocenters. The van der Waals surface area contributed by atoms with Crippen LogP contribution in [-0.2, 0) is 0 Å². The first-order valence-corrected chi connectivity index (χ1v) is 6.09. The molecule has 0 aliphatic rings. The average Bonchev–Trinajstić information content (AvgIpc) is 2.17. The third-order valence-corrected chi connectivity index (χ3v) is 3.64. The molecule has 2 nitrogen and oxygen atoms in total. The van der Waals surface area contributed by atoms with E-state index in [1.807, 2.05) is 13.8 Å². The maximum Gasteiger partial charge on any atom is 0.253 e. The van der Waals surface area contributed by atoms with Crippen molar-refractivity contribution in [3.63, 3.8) is 0 Å². The number of amides is 1. The number of rotatable bonds is 3. The number of hydrogen-bond donors (Lipinski definition) is 1. The van der Waals surface area contributed by atoms with Crippen molar-refractivity contribution in [1.29, 1.82) is 0 Å². The van der Waals surface area contributed by atoms with E-state index in [2.05, 4.69) is 21.2 Å². The average molecular weight is 291 g/mol. The highest BCUT2D eigenvalue weighted by molar-refractivity contribution is 9.09. The molecule has 82 valence electrons. The number of alkyl halides is 1. The Morgan fingerprint density at radius 1 is 1.47 bits per heavy atom. The molecule has 0 saturated carbocycles. The largest absolute Gasteiger partial charge is 0.346 e. The summed E-state index contributed by atoms with van der Waals surface area (Å²) in [5.41, 5.74) is 0.226. The van der Waals surface area contributed by atoms with Crippen LogP contribution < -0.4 is 5.32 Å². The number of carbonyl (C=O) groups is 1. The smallest absolute Gasteiger partial charge is 0.253 e. The predicted octanol–water partition coefficient (Wildman–Crippen LogP) is 3.24. The SMILES string of the molecule is CC(C)(CBr)NC(=O)c1ccccc1Cl. The number of benzene rings is 1. The molecule has 0 unspecified atom stereocenters. The minimum absolute atomic E-state index is 0.148. The van der Waals surface area contributed by atoms with Gasteiger partial charge in [-0.2, -0.15) is 0 Å². The van der Waals surface area contributed by atoms with Gasteiger partial charge < -0.3 is 5.32 Å². The minimum atomic E-state index is -0.281. The predicted molar refractivity (Wildman–Crippen MR) is 66.8 cm³/mol. The molecule has 1 N–H and O–H groups in total. The Bertz CT molecular complexity index is 365. The number of carbonyl (C=O) groups excluding carboxylic acids is 1.